The first-order valence-electron chi connectivity index (χ1n) is 7.79. The average Bonchev–Trinajstić information content (AvgIpc) is 2.60. The van der Waals surface area contributed by atoms with Gasteiger partial charge in [0.2, 0.25) is 5.91 Å². The fourth-order valence-electron chi connectivity index (χ4n) is 2.48. The second kappa shape index (κ2) is 9.14. The Balaban J connectivity index is 1.92. The minimum atomic E-state index is -0.00203. The molecule has 0 aromatic heterocycles. The Kier molecular flexibility index (Phi) is 7.18. The van der Waals surface area contributed by atoms with Crippen LogP contribution in [0.1, 0.15) is 30.5 Å². The van der Waals surface area contributed by atoms with Gasteiger partial charge in [-0.05, 0) is 61.1 Å². The highest BCUT2D eigenvalue weighted by atomic mass is 79.9. The topological polar surface area (TPSA) is 38.3 Å². The largest absolute Gasteiger partial charge is 0.496 e. The summed E-state index contributed by atoms with van der Waals surface area (Å²) in [5.41, 5.74) is 2.14. The van der Waals surface area contributed by atoms with Crippen LogP contribution < -0.4 is 10.1 Å². The van der Waals surface area contributed by atoms with Crippen LogP contribution in [0.3, 0.4) is 0 Å². The molecule has 1 amide bonds. The van der Waals surface area contributed by atoms with E-state index in [0.717, 1.165) is 21.3 Å². The van der Waals surface area contributed by atoms with Crippen LogP contribution in [0, 0.1) is 0 Å². The van der Waals surface area contributed by atoms with Crippen LogP contribution in [-0.2, 0) is 11.2 Å². The number of aryl methyl sites for hydroxylation is 1. The number of nitrogens with one attached hydrogen (secondary N) is 1. The van der Waals surface area contributed by atoms with E-state index in [0.29, 0.717) is 12.8 Å². The molecule has 0 aliphatic rings. The SMILES string of the molecule is COc1ccc(Br)cc1CCC(=O)N[C@H](C)c1ccc(SC)cc1. The lowest BCUT2D eigenvalue weighted by Crippen LogP contribution is -2.26. The van der Waals surface area contributed by atoms with E-state index < -0.39 is 0 Å². The Bertz CT molecular complexity index is 688. The zero-order valence-corrected chi connectivity index (χ0v) is 16.5. The molecule has 2 rings (SSSR count). The first-order chi connectivity index (χ1) is 11.5. The number of carbonyl (C=O) groups excluding carboxylic acids is 1. The molecule has 0 radical (unpaired) electrons. The molecule has 3 nitrogen and oxygen atoms in total. The Labute approximate surface area is 156 Å². The van der Waals surface area contributed by atoms with Crippen LogP contribution in [0.5, 0.6) is 5.75 Å². The van der Waals surface area contributed by atoms with Crippen molar-refractivity contribution in [3.63, 3.8) is 0 Å². The molecule has 128 valence electrons. The van der Waals surface area contributed by atoms with E-state index in [1.54, 1.807) is 18.9 Å². The number of ether oxygens (including phenoxy) is 1. The number of hydrogen-bond acceptors (Lipinski definition) is 3. The molecular weight excluding hydrogens is 386 g/mol. The van der Waals surface area contributed by atoms with Gasteiger partial charge in [0.25, 0.3) is 0 Å². The summed E-state index contributed by atoms with van der Waals surface area (Å²) < 4.78 is 6.34. The maximum Gasteiger partial charge on any atom is 0.220 e. The quantitative estimate of drug-likeness (QED) is 0.656. The number of carbonyl (C=O) groups is 1. The van der Waals surface area contributed by atoms with Gasteiger partial charge in [0.15, 0.2) is 0 Å². The maximum absolute atomic E-state index is 12.2. The molecule has 5 heteroatoms. The van der Waals surface area contributed by atoms with Gasteiger partial charge in [0.1, 0.15) is 5.75 Å². The number of benzene rings is 2. The number of amides is 1. The Morgan fingerprint density at radius 2 is 1.96 bits per heavy atom. The Morgan fingerprint density at radius 1 is 1.25 bits per heavy atom. The lowest BCUT2D eigenvalue weighted by atomic mass is 10.1. The van der Waals surface area contributed by atoms with E-state index in [1.807, 2.05) is 25.1 Å². The van der Waals surface area contributed by atoms with E-state index in [4.69, 9.17) is 4.74 Å². The lowest BCUT2D eigenvalue weighted by molar-refractivity contribution is -0.121. The lowest BCUT2D eigenvalue weighted by Gasteiger charge is -2.15. The summed E-state index contributed by atoms with van der Waals surface area (Å²) >= 11 is 5.17. The first-order valence-corrected chi connectivity index (χ1v) is 9.81. The summed E-state index contributed by atoms with van der Waals surface area (Å²) in [6.45, 7) is 2.01. The standard InChI is InChI=1S/C19H22BrNO2S/c1-13(14-4-8-17(24-3)9-5-14)21-19(22)11-6-15-12-16(20)7-10-18(15)23-2/h4-5,7-10,12-13H,6,11H2,1-3H3,(H,21,22)/t13-/m1/s1. The highest BCUT2D eigenvalue weighted by Crippen LogP contribution is 2.24. The van der Waals surface area contributed by atoms with Crippen molar-refractivity contribution in [3.05, 3.63) is 58.1 Å². The van der Waals surface area contributed by atoms with Crippen molar-refractivity contribution in [1.29, 1.82) is 0 Å². The third-order valence-electron chi connectivity index (χ3n) is 3.86. The van der Waals surface area contributed by atoms with Gasteiger partial charge >= 0.3 is 0 Å². The molecule has 1 N–H and O–H groups in total. The highest BCUT2D eigenvalue weighted by Gasteiger charge is 2.11. The first kappa shape index (κ1) is 18.9. The molecular formula is C19H22BrNO2S. The van der Waals surface area contributed by atoms with Crippen molar-refractivity contribution in [3.8, 4) is 5.75 Å². The molecule has 1 atom stereocenters. The third kappa shape index (κ3) is 5.28. The van der Waals surface area contributed by atoms with Gasteiger partial charge in [-0.25, -0.2) is 0 Å². The van der Waals surface area contributed by atoms with Crippen molar-refractivity contribution < 1.29 is 9.53 Å². The molecule has 24 heavy (non-hydrogen) atoms. The molecule has 0 aliphatic heterocycles. The normalized spacial score (nSPS) is 11.8. The van der Waals surface area contributed by atoms with Gasteiger partial charge in [0, 0.05) is 15.8 Å². The maximum atomic E-state index is 12.2. The smallest absolute Gasteiger partial charge is 0.220 e. The fourth-order valence-corrected chi connectivity index (χ4v) is 3.30. The number of thioether (sulfide) groups is 1. The number of halogens is 1. The fraction of sp³-hybridized carbons (Fsp3) is 0.316. The zero-order valence-electron chi connectivity index (χ0n) is 14.1. The second-order valence-corrected chi connectivity index (χ2v) is 7.31. The molecule has 2 aromatic carbocycles. The van der Waals surface area contributed by atoms with Gasteiger partial charge in [-0.2, -0.15) is 0 Å². The second-order valence-electron chi connectivity index (χ2n) is 5.52. The van der Waals surface area contributed by atoms with Crippen LogP contribution in [0.4, 0.5) is 0 Å². The van der Waals surface area contributed by atoms with E-state index in [1.165, 1.54) is 4.90 Å². The van der Waals surface area contributed by atoms with Crippen LogP contribution >= 0.6 is 27.7 Å². The van der Waals surface area contributed by atoms with E-state index in [-0.39, 0.29) is 11.9 Å². The van der Waals surface area contributed by atoms with Gasteiger partial charge in [-0.15, -0.1) is 11.8 Å². The van der Waals surface area contributed by atoms with Crippen LogP contribution in [0.2, 0.25) is 0 Å². The van der Waals surface area contributed by atoms with E-state index in [2.05, 4.69) is 51.8 Å². The average molecular weight is 408 g/mol. The van der Waals surface area contributed by atoms with Crippen molar-refractivity contribution in [2.24, 2.45) is 0 Å². The summed E-state index contributed by atoms with van der Waals surface area (Å²) in [4.78, 5) is 13.5. The minimum Gasteiger partial charge on any atom is -0.496 e. The van der Waals surface area contributed by atoms with Gasteiger partial charge in [-0.1, -0.05) is 28.1 Å². The summed E-state index contributed by atoms with van der Waals surface area (Å²) in [6.07, 6.45) is 3.13. The zero-order chi connectivity index (χ0) is 17.5. The van der Waals surface area contributed by atoms with Crippen molar-refractivity contribution in [2.45, 2.75) is 30.7 Å². The molecule has 0 fully saturated rings. The number of methoxy groups -OCH3 is 1. The molecule has 2 aromatic rings. The minimum absolute atomic E-state index is 0.00203. The van der Waals surface area contributed by atoms with Gasteiger partial charge in [-0.3, -0.25) is 4.79 Å². The molecule has 0 aliphatic carbocycles. The molecule has 0 unspecified atom stereocenters. The molecule has 0 saturated heterocycles. The van der Waals surface area contributed by atoms with Gasteiger partial charge in [0.05, 0.1) is 13.2 Å². The number of rotatable bonds is 7. The van der Waals surface area contributed by atoms with Crippen molar-refractivity contribution in [2.75, 3.05) is 13.4 Å². The van der Waals surface area contributed by atoms with E-state index in [9.17, 15) is 4.79 Å². The Hall–Kier alpha value is -1.46. The van der Waals surface area contributed by atoms with Crippen LogP contribution in [-0.4, -0.2) is 19.3 Å². The highest BCUT2D eigenvalue weighted by molar-refractivity contribution is 9.10. The summed E-state index contributed by atoms with van der Waals surface area (Å²) in [5, 5.41) is 3.06. The van der Waals surface area contributed by atoms with E-state index >= 15 is 0 Å². The molecule has 0 bridgehead atoms. The number of hydrogen-bond donors (Lipinski definition) is 1. The monoisotopic (exact) mass is 407 g/mol. The molecule has 0 heterocycles. The molecule has 0 saturated carbocycles. The predicted octanol–water partition coefficient (Wildman–Crippen LogP) is 4.99. The van der Waals surface area contributed by atoms with Crippen molar-refractivity contribution >= 4 is 33.6 Å². The van der Waals surface area contributed by atoms with Crippen LogP contribution in [0.15, 0.2) is 51.8 Å². The Morgan fingerprint density at radius 3 is 2.58 bits per heavy atom. The summed E-state index contributed by atoms with van der Waals surface area (Å²) in [7, 11) is 1.65. The third-order valence-corrected chi connectivity index (χ3v) is 5.09. The molecule has 0 spiro atoms. The predicted molar refractivity (Wildman–Crippen MR) is 104 cm³/mol. The summed E-state index contributed by atoms with van der Waals surface area (Å²) in [5.74, 6) is 0.852. The van der Waals surface area contributed by atoms with Gasteiger partial charge < -0.3 is 10.1 Å². The summed E-state index contributed by atoms with van der Waals surface area (Å²) in [6, 6.07) is 14.1. The van der Waals surface area contributed by atoms with Crippen molar-refractivity contribution in [1.82, 2.24) is 5.32 Å². The van der Waals surface area contributed by atoms with Crippen LogP contribution in [0.25, 0.3) is 0 Å².